The van der Waals surface area contributed by atoms with Crippen molar-refractivity contribution in [3.8, 4) is 0 Å². The van der Waals surface area contributed by atoms with E-state index in [9.17, 15) is 44.1 Å². The highest BCUT2D eigenvalue weighted by molar-refractivity contribution is 5.92. The topological polar surface area (TPSA) is 301 Å². The Labute approximate surface area is 286 Å². The second-order valence-corrected chi connectivity index (χ2v) is 12.2. The van der Waals surface area contributed by atoms with E-state index >= 15 is 0 Å². The summed E-state index contributed by atoms with van der Waals surface area (Å²) in [4.78, 5) is 75.1. The Balaban J connectivity index is 1.73. The summed E-state index contributed by atoms with van der Waals surface area (Å²) in [6.07, 6.45) is -3.76. The molecule has 3 rings (SSSR count). The van der Waals surface area contributed by atoms with Crippen molar-refractivity contribution in [2.75, 3.05) is 19.6 Å². The fraction of sp³-hybridized carbons (Fsp3) is 0.533. The lowest BCUT2D eigenvalue weighted by atomic mass is 10.0. The third-order valence-electron chi connectivity index (χ3n) is 7.89. The van der Waals surface area contributed by atoms with Gasteiger partial charge in [-0.25, -0.2) is 19.1 Å². The number of benzene rings is 1. The van der Waals surface area contributed by atoms with Gasteiger partial charge in [-0.3, -0.25) is 14.4 Å². The zero-order chi connectivity index (χ0) is 37.0. The number of unbranched alkanes of at least 4 members (excludes halogenated alkanes) is 1. The molecule has 2 aromatic rings. The minimum Gasteiger partial charge on any atom is -0.465 e. The Morgan fingerprint density at radius 3 is 2.36 bits per heavy atom. The smallest absolute Gasteiger partial charge is 0.407 e. The fourth-order valence-corrected chi connectivity index (χ4v) is 5.41. The second kappa shape index (κ2) is 17.8. The van der Waals surface area contributed by atoms with Gasteiger partial charge in [0.1, 0.15) is 24.3 Å². The molecule has 0 bridgehead atoms. The molecule has 1 aromatic carbocycles. The first-order chi connectivity index (χ1) is 23.6. The Kier molecular flexibility index (Phi) is 13.8. The number of aliphatic hydroxyl groups is 2. The van der Waals surface area contributed by atoms with Crippen LogP contribution in [-0.2, 0) is 31.3 Å². The molecule has 1 aliphatic heterocycles. The van der Waals surface area contributed by atoms with Crippen LogP contribution in [0.4, 0.5) is 14.4 Å². The Hall–Kier alpha value is -5.50. The van der Waals surface area contributed by atoms with Gasteiger partial charge >= 0.3 is 18.3 Å². The van der Waals surface area contributed by atoms with Crippen molar-refractivity contribution >= 4 is 36.0 Å². The molecule has 1 aliphatic rings. The minimum atomic E-state index is -1.83. The summed E-state index contributed by atoms with van der Waals surface area (Å²) in [6, 6.07) is 4.10. The number of ether oxygens (including phenoxy) is 1. The van der Waals surface area contributed by atoms with Crippen molar-refractivity contribution in [1.29, 1.82) is 0 Å². The molecular weight excluding hydrogens is 662 g/mol. The third kappa shape index (κ3) is 11.3. The van der Waals surface area contributed by atoms with Gasteiger partial charge in [-0.05, 0) is 38.7 Å². The number of alkyl carbamates (subject to hydrolysis) is 1. The minimum absolute atomic E-state index is 0.0261. The van der Waals surface area contributed by atoms with Gasteiger partial charge in [0, 0.05) is 19.5 Å². The Morgan fingerprint density at radius 2 is 1.74 bits per heavy atom. The van der Waals surface area contributed by atoms with E-state index in [1.54, 1.807) is 12.1 Å². The quantitative estimate of drug-likeness (QED) is 0.0892. The van der Waals surface area contributed by atoms with Crippen molar-refractivity contribution in [3.05, 3.63) is 47.8 Å². The maximum atomic E-state index is 13.8. The number of hydrogen-bond donors (Lipinski definition) is 9. The van der Waals surface area contributed by atoms with Crippen LogP contribution >= 0.6 is 0 Å². The number of nitrogens with zero attached hydrogens (tertiary/aromatic N) is 4. The normalized spacial score (nSPS) is 17.6. The monoisotopic (exact) mass is 705 g/mol. The number of carbonyl (C=O) groups is 6. The van der Waals surface area contributed by atoms with E-state index < -0.39 is 78.4 Å². The molecule has 274 valence electrons. The van der Waals surface area contributed by atoms with Gasteiger partial charge in [0.05, 0.1) is 30.5 Å². The first-order valence-corrected chi connectivity index (χ1v) is 15.7. The molecule has 0 spiro atoms. The lowest BCUT2D eigenvalue weighted by Crippen LogP contribution is -2.58. The molecule has 1 fully saturated rings. The average molecular weight is 706 g/mol. The van der Waals surface area contributed by atoms with Gasteiger partial charge in [0.25, 0.3) is 0 Å². The molecule has 0 aliphatic carbocycles. The van der Waals surface area contributed by atoms with Crippen LogP contribution in [0.2, 0.25) is 0 Å². The second-order valence-electron chi connectivity index (χ2n) is 12.2. The van der Waals surface area contributed by atoms with Crippen LogP contribution in [0.15, 0.2) is 36.5 Å². The summed E-state index contributed by atoms with van der Waals surface area (Å²) < 4.78 is 6.49. The molecule has 20 heteroatoms. The van der Waals surface area contributed by atoms with E-state index in [1.165, 1.54) is 24.7 Å². The molecule has 6 amide bonds. The predicted molar refractivity (Wildman–Crippen MR) is 171 cm³/mol. The largest absolute Gasteiger partial charge is 0.465 e. The predicted octanol–water partition coefficient (Wildman–Crippen LogP) is -1.02. The van der Waals surface area contributed by atoms with Crippen LogP contribution in [0.1, 0.15) is 56.8 Å². The number of amides is 6. The van der Waals surface area contributed by atoms with E-state index in [2.05, 4.69) is 20.9 Å². The first kappa shape index (κ1) is 38.9. The van der Waals surface area contributed by atoms with Gasteiger partial charge in [-0.15, -0.1) is 5.10 Å². The summed E-state index contributed by atoms with van der Waals surface area (Å²) in [5.74, 6) is -2.91. The summed E-state index contributed by atoms with van der Waals surface area (Å²) in [5.41, 5.74) is 4.97. The maximum absolute atomic E-state index is 13.8. The number of aromatic nitrogens is 3. The number of nitrogens with two attached hydrogens (primary N) is 1. The van der Waals surface area contributed by atoms with E-state index in [4.69, 9.17) is 15.6 Å². The van der Waals surface area contributed by atoms with Gasteiger partial charge in [-0.2, -0.15) is 0 Å². The van der Waals surface area contributed by atoms with Crippen molar-refractivity contribution in [1.82, 2.24) is 41.2 Å². The number of carboxylic acid groups (broad SMARTS) is 2. The number of rotatable bonds is 17. The molecule has 20 nitrogen and oxygen atoms in total. The fourth-order valence-electron chi connectivity index (χ4n) is 5.41. The van der Waals surface area contributed by atoms with Crippen LogP contribution < -0.4 is 27.0 Å². The average Bonchev–Trinajstić information content (AvgIpc) is 3.73. The number of hydrogen-bond acceptors (Lipinski definition) is 11. The molecule has 5 atom stereocenters. The van der Waals surface area contributed by atoms with Crippen LogP contribution in [0, 0.1) is 0 Å². The van der Waals surface area contributed by atoms with Crippen molar-refractivity contribution in [3.63, 3.8) is 0 Å². The lowest BCUT2D eigenvalue weighted by molar-refractivity contribution is -0.141. The Morgan fingerprint density at radius 1 is 1.04 bits per heavy atom. The molecule has 10 N–H and O–H groups in total. The molecule has 3 unspecified atom stereocenters. The number of likely N-dealkylation sites (tertiary alicyclic amines) is 1. The van der Waals surface area contributed by atoms with Crippen molar-refractivity contribution in [2.45, 2.75) is 82.0 Å². The number of carbonyl (C=O) groups excluding carboxylic acids is 4. The highest BCUT2D eigenvalue weighted by Crippen LogP contribution is 2.31. The molecule has 1 aromatic heterocycles. The van der Waals surface area contributed by atoms with Gasteiger partial charge in [-0.1, -0.05) is 35.5 Å². The Bertz CT molecular complexity index is 1500. The summed E-state index contributed by atoms with van der Waals surface area (Å²) in [5, 5.41) is 56.5. The molecule has 1 saturated heterocycles. The van der Waals surface area contributed by atoms with Crippen LogP contribution in [0.5, 0.6) is 0 Å². The number of nitrogens with one attached hydrogen (secondary N) is 4. The van der Waals surface area contributed by atoms with E-state index in [0.717, 1.165) is 10.5 Å². The van der Waals surface area contributed by atoms with Crippen LogP contribution in [0.25, 0.3) is 0 Å². The van der Waals surface area contributed by atoms with E-state index in [1.807, 2.05) is 28.8 Å². The zero-order valence-electron chi connectivity index (χ0n) is 27.5. The number of primary amides is 1. The third-order valence-corrected chi connectivity index (χ3v) is 7.89. The molecule has 50 heavy (non-hydrogen) atoms. The van der Waals surface area contributed by atoms with Crippen molar-refractivity contribution < 1.29 is 53.9 Å². The number of aliphatic hydroxyl groups excluding tert-OH is 1. The highest BCUT2D eigenvalue weighted by atomic mass is 16.5. The van der Waals surface area contributed by atoms with Gasteiger partial charge in [0.2, 0.25) is 17.7 Å². The molecule has 0 saturated carbocycles. The van der Waals surface area contributed by atoms with E-state index in [0.29, 0.717) is 12.8 Å². The van der Waals surface area contributed by atoms with Crippen LogP contribution in [-0.4, -0.2) is 120 Å². The maximum Gasteiger partial charge on any atom is 0.407 e. The summed E-state index contributed by atoms with van der Waals surface area (Å²) in [7, 11) is 0. The summed E-state index contributed by atoms with van der Waals surface area (Å²) >= 11 is 0. The van der Waals surface area contributed by atoms with Crippen LogP contribution in [0.3, 0.4) is 0 Å². The molecule has 2 heterocycles. The van der Waals surface area contributed by atoms with Gasteiger partial charge in [0.15, 0.2) is 6.10 Å². The van der Waals surface area contributed by atoms with E-state index in [-0.39, 0.29) is 38.2 Å². The molecule has 0 radical (unpaired) electrons. The van der Waals surface area contributed by atoms with Crippen molar-refractivity contribution in [2.24, 2.45) is 5.73 Å². The highest BCUT2D eigenvalue weighted by Gasteiger charge is 2.45. The molecular formula is C30H43N9O11. The summed E-state index contributed by atoms with van der Waals surface area (Å²) in [6.45, 7) is 2.32. The first-order valence-electron chi connectivity index (χ1n) is 15.7. The lowest BCUT2D eigenvalue weighted by Gasteiger charge is -2.30. The SMILES string of the molecule is CC(C)(O)c1cnnn1[C@H]1C[C@@H](C(=O)NC(CCCCNC(=O)OCc2ccccc2)C(O)C(N)=O)N(C(=O)C(CNC(=O)O)NC(=O)O)C1. The zero-order valence-corrected chi connectivity index (χ0v) is 27.5. The standard InChI is InChI=1S/C30H43N9O11/c1-30(2,49)22-14-34-37-39(22)18-12-21(38(15-18)26(43)20(36-28(46)47)13-33-27(44)45)25(42)35-19(23(40)24(31)41)10-6-7-11-32-29(48)50-16-17-8-4-3-5-9-17/h3-5,8-9,14,18-21,23,33,36,40,49H,6-7,10-13,15-16H2,1-2H3,(H2,31,41)(H,32,48)(H,35,42)(H,44,45)(H,46,47)/t18-,19?,20?,21-,23?/m0/s1. The van der Waals surface area contributed by atoms with Gasteiger partial charge < -0.3 is 57.1 Å².